The van der Waals surface area contributed by atoms with Gasteiger partial charge in [0, 0.05) is 30.3 Å². The molecule has 10 nitrogen and oxygen atoms in total. The summed E-state index contributed by atoms with van der Waals surface area (Å²) in [5.41, 5.74) is -2.79. The van der Waals surface area contributed by atoms with E-state index in [1.165, 1.54) is 11.0 Å². The van der Waals surface area contributed by atoms with Crippen LogP contribution in [0.5, 0.6) is 5.88 Å². The summed E-state index contributed by atoms with van der Waals surface area (Å²) in [7, 11) is 0. The van der Waals surface area contributed by atoms with Gasteiger partial charge in [-0.3, -0.25) is 4.90 Å². The van der Waals surface area contributed by atoms with Crippen molar-refractivity contribution in [1.82, 2.24) is 19.9 Å². The van der Waals surface area contributed by atoms with Gasteiger partial charge in [-0.15, -0.1) is 11.3 Å². The summed E-state index contributed by atoms with van der Waals surface area (Å²) < 4.78 is 84.8. The molecule has 2 aromatic heterocycles. The lowest BCUT2D eigenvalue weighted by Gasteiger charge is -2.39. The fourth-order valence-corrected chi connectivity index (χ4v) is 5.14. The summed E-state index contributed by atoms with van der Waals surface area (Å²) in [6, 6.07) is 0.563. The SMILES string of the molecule is CC(C)(C)OC(=O)N1CC(Oc2cc(N(C(=O)OC(C)(C)C)C3CCC(F)(F)CC3)nc(-c3nc(C(F)(F)F)cs3)n2)C1. The molecule has 16 heteroatoms. The van der Waals surface area contributed by atoms with Gasteiger partial charge in [-0.1, -0.05) is 0 Å². The Kier molecular flexibility index (Phi) is 8.84. The zero-order valence-electron chi connectivity index (χ0n) is 24.6. The zero-order chi connectivity index (χ0) is 32.0. The third kappa shape index (κ3) is 8.63. The van der Waals surface area contributed by atoms with Crippen LogP contribution < -0.4 is 9.64 Å². The predicted molar refractivity (Wildman–Crippen MR) is 146 cm³/mol. The number of nitrogens with zero attached hydrogens (tertiary/aromatic N) is 5. The number of rotatable bonds is 5. The van der Waals surface area contributed by atoms with E-state index in [-0.39, 0.29) is 48.5 Å². The van der Waals surface area contributed by atoms with E-state index in [4.69, 9.17) is 14.2 Å². The van der Waals surface area contributed by atoms with Crippen molar-refractivity contribution < 1.29 is 45.8 Å². The molecule has 0 bridgehead atoms. The van der Waals surface area contributed by atoms with E-state index in [1.54, 1.807) is 41.5 Å². The lowest BCUT2D eigenvalue weighted by molar-refractivity contribution is -0.140. The quantitative estimate of drug-likeness (QED) is 0.326. The number of likely N-dealkylation sites (tertiary alicyclic amines) is 1. The Morgan fingerprint density at radius 1 is 0.977 bits per heavy atom. The monoisotopic (exact) mass is 635 g/mol. The van der Waals surface area contributed by atoms with Crippen molar-refractivity contribution in [2.45, 2.75) is 103 Å². The molecule has 0 unspecified atom stereocenters. The number of aromatic nitrogens is 3. The highest BCUT2D eigenvalue weighted by Gasteiger charge is 2.41. The van der Waals surface area contributed by atoms with Crippen molar-refractivity contribution in [2.75, 3.05) is 18.0 Å². The van der Waals surface area contributed by atoms with Gasteiger partial charge in [0.1, 0.15) is 23.1 Å². The van der Waals surface area contributed by atoms with Crippen LogP contribution in [-0.4, -0.2) is 74.4 Å². The first kappa shape index (κ1) is 32.6. The summed E-state index contributed by atoms with van der Waals surface area (Å²) in [5, 5.41) is 0.619. The highest BCUT2D eigenvalue weighted by molar-refractivity contribution is 7.13. The second-order valence-corrected chi connectivity index (χ2v) is 13.3. The summed E-state index contributed by atoms with van der Waals surface area (Å²) in [5.74, 6) is -3.35. The van der Waals surface area contributed by atoms with Crippen LogP contribution in [0.1, 0.15) is 72.9 Å². The first-order chi connectivity index (χ1) is 19.7. The molecule has 238 valence electrons. The minimum Gasteiger partial charge on any atom is -0.470 e. The lowest BCUT2D eigenvalue weighted by Crippen LogP contribution is -2.57. The standard InChI is InChI=1S/C27H34F5N5O5S/c1-24(2,3)41-22(38)36-12-16(13-36)40-19-11-18(34-20(35-19)21-33-17(14-43-21)27(30,31)32)37(23(39)42-25(4,5)6)15-7-9-26(28,29)10-8-15/h11,14-16H,7-10,12-13H2,1-6H3. The topological polar surface area (TPSA) is 107 Å². The molecular formula is C27H34F5N5O5S. The van der Waals surface area contributed by atoms with Gasteiger partial charge in [-0.2, -0.15) is 18.2 Å². The van der Waals surface area contributed by atoms with Crippen molar-refractivity contribution in [2.24, 2.45) is 0 Å². The molecule has 1 saturated heterocycles. The molecule has 0 radical (unpaired) electrons. The first-order valence-electron chi connectivity index (χ1n) is 13.7. The van der Waals surface area contributed by atoms with Gasteiger partial charge >= 0.3 is 18.4 Å². The second-order valence-electron chi connectivity index (χ2n) is 12.5. The Bertz CT molecular complexity index is 1320. The van der Waals surface area contributed by atoms with Gasteiger partial charge in [0.05, 0.1) is 13.1 Å². The van der Waals surface area contributed by atoms with Crippen LogP contribution in [0.25, 0.3) is 10.8 Å². The van der Waals surface area contributed by atoms with Gasteiger partial charge in [0.15, 0.2) is 16.5 Å². The van der Waals surface area contributed by atoms with Gasteiger partial charge in [-0.25, -0.2) is 28.3 Å². The van der Waals surface area contributed by atoms with Gasteiger partial charge in [0.25, 0.3) is 0 Å². The molecule has 0 spiro atoms. The third-order valence-corrected chi connectivity index (χ3v) is 7.19. The van der Waals surface area contributed by atoms with Crippen molar-refractivity contribution in [1.29, 1.82) is 0 Å². The van der Waals surface area contributed by atoms with E-state index in [0.717, 1.165) is 10.3 Å². The Morgan fingerprint density at radius 3 is 2.12 bits per heavy atom. The van der Waals surface area contributed by atoms with Crippen LogP contribution >= 0.6 is 11.3 Å². The molecule has 1 aliphatic heterocycles. The number of carbonyl (C=O) groups is 2. The summed E-state index contributed by atoms with van der Waals surface area (Å²) in [6.07, 6.45) is -7.73. The Hall–Kier alpha value is -3.30. The summed E-state index contributed by atoms with van der Waals surface area (Å²) in [4.78, 5) is 40.5. The molecule has 0 aromatic carbocycles. The maximum absolute atomic E-state index is 14.0. The Labute approximate surface area is 249 Å². The van der Waals surface area contributed by atoms with E-state index < -0.39 is 66.2 Å². The highest BCUT2D eigenvalue weighted by atomic mass is 32.1. The fourth-order valence-electron chi connectivity index (χ4n) is 4.38. The Balaban J connectivity index is 1.68. The van der Waals surface area contributed by atoms with Gasteiger partial charge < -0.3 is 19.1 Å². The van der Waals surface area contributed by atoms with Crippen LogP contribution in [0, 0.1) is 0 Å². The summed E-state index contributed by atoms with van der Waals surface area (Å²) >= 11 is 0.646. The van der Waals surface area contributed by atoms with E-state index in [0.29, 0.717) is 11.3 Å². The van der Waals surface area contributed by atoms with Crippen LogP contribution in [0.15, 0.2) is 11.4 Å². The van der Waals surface area contributed by atoms with Crippen molar-refractivity contribution in [3.63, 3.8) is 0 Å². The van der Waals surface area contributed by atoms with Crippen LogP contribution in [0.3, 0.4) is 0 Å². The van der Waals surface area contributed by atoms with E-state index >= 15 is 0 Å². The smallest absolute Gasteiger partial charge is 0.434 e. The molecule has 2 aliphatic rings. The number of hydrogen-bond donors (Lipinski definition) is 0. The number of ether oxygens (including phenoxy) is 3. The highest BCUT2D eigenvalue weighted by Crippen LogP contribution is 2.39. The molecular weight excluding hydrogens is 601 g/mol. The number of hydrogen-bond acceptors (Lipinski definition) is 9. The minimum absolute atomic E-state index is 0.0648. The summed E-state index contributed by atoms with van der Waals surface area (Å²) in [6.45, 7) is 10.4. The van der Waals surface area contributed by atoms with E-state index in [2.05, 4.69) is 15.0 Å². The average Bonchev–Trinajstić information content (AvgIpc) is 3.31. The average molecular weight is 636 g/mol. The molecule has 0 atom stereocenters. The predicted octanol–water partition coefficient (Wildman–Crippen LogP) is 6.94. The van der Waals surface area contributed by atoms with E-state index in [1.807, 2.05) is 0 Å². The molecule has 4 rings (SSSR count). The molecule has 1 saturated carbocycles. The van der Waals surface area contributed by atoms with Crippen LogP contribution in [-0.2, 0) is 15.7 Å². The number of amides is 2. The largest absolute Gasteiger partial charge is 0.470 e. The molecule has 3 heterocycles. The number of anilines is 1. The normalized spacial score (nSPS) is 18.2. The number of carbonyl (C=O) groups excluding carboxylic acids is 2. The van der Waals surface area contributed by atoms with Crippen LogP contribution in [0.4, 0.5) is 37.4 Å². The molecule has 2 amide bonds. The Morgan fingerprint density at radius 2 is 1.58 bits per heavy atom. The first-order valence-corrected chi connectivity index (χ1v) is 14.5. The number of thiazole rings is 1. The van der Waals surface area contributed by atoms with Crippen LogP contribution in [0.2, 0.25) is 0 Å². The van der Waals surface area contributed by atoms with Gasteiger partial charge in [-0.05, 0) is 54.4 Å². The van der Waals surface area contributed by atoms with E-state index in [9.17, 15) is 31.5 Å². The molecule has 0 N–H and O–H groups in total. The van der Waals surface area contributed by atoms with Gasteiger partial charge in [0.2, 0.25) is 11.8 Å². The second kappa shape index (κ2) is 11.7. The maximum Gasteiger partial charge on any atom is 0.434 e. The molecule has 2 fully saturated rings. The van der Waals surface area contributed by atoms with Crippen molar-refractivity contribution >= 4 is 29.3 Å². The number of halogens is 5. The molecule has 1 aliphatic carbocycles. The van der Waals surface area contributed by atoms with Crippen molar-refractivity contribution in [3.8, 4) is 16.7 Å². The lowest BCUT2D eigenvalue weighted by atomic mass is 9.91. The van der Waals surface area contributed by atoms with Crippen molar-refractivity contribution in [3.05, 3.63) is 17.1 Å². The molecule has 43 heavy (non-hydrogen) atoms. The third-order valence-electron chi connectivity index (χ3n) is 6.35. The fraction of sp³-hybridized carbons (Fsp3) is 0.667. The minimum atomic E-state index is -4.71. The number of alkyl halides is 5. The molecule has 2 aromatic rings. The zero-order valence-corrected chi connectivity index (χ0v) is 25.4. The maximum atomic E-state index is 14.0.